The van der Waals surface area contributed by atoms with Crippen molar-refractivity contribution in [1.29, 1.82) is 0 Å². The van der Waals surface area contributed by atoms with Crippen LogP contribution in [0.5, 0.6) is 11.5 Å². The Labute approximate surface area is 176 Å². The maximum Gasteiger partial charge on any atom is 0.344 e. The molecule has 3 rings (SSSR count). The lowest BCUT2D eigenvalue weighted by atomic mass is 9.85. The van der Waals surface area contributed by atoms with E-state index in [0.29, 0.717) is 4.90 Å². The van der Waals surface area contributed by atoms with Crippen molar-refractivity contribution in [3.63, 3.8) is 0 Å². The smallest absolute Gasteiger partial charge is 0.344 e. The number of nitro groups is 1. The van der Waals surface area contributed by atoms with Crippen LogP contribution >= 0.6 is 0 Å². The van der Waals surface area contributed by atoms with Crippen LogP contribution in [0, 0.1) is 16.0 Å². The van der Waals surface area contributed by atoms with E-state index in [9.17, 15) is 29.6 Å². The van der Waals surface area contributed by atoms with Crippen LogP contribution in [0.15, 0.2) is 12.1 Å². The minimum absolute atomic E-state index is 0.0700. The molecule has 2 heterocycles. The number of hydrogen-bond donors (Lipinski definition) is 1. The van der Waals surface area contributed by atoms with Gasteiger partial charge < -0.3 is 24.1 Å². The van der Waals surface area contributed by atoms with E-state index in [1.54, 1.807) is 0 Å². The van der Waals surface area contributed by atoms with Gasteiger partial charge >= 0.3 is 11.9 Å². The molecule has 0 saturated carbocycles. The molecule has 0 aromatic heterocycles. The van der Waals surface area contributed by atoms with Gasteiger partial charge in [0.15, 0.2) is 11.5 Å². The molecule has 1 aromatic carbocycles. The van der Waals surface area contributed by atoms with E-state index in [0.717, 1.165) is 12.1 Å². The summed E-state index contributed by atoms with van der Waals surface area (Å²) in [7, 11) is 0. The number of ether oxygens (including phenoxy) is 4. The molecule has 1 amide bonds. The SMILES string of the molecule is CCOC(=O)C1(C(=O)OCC)C(C)CC(O)N1C(=O)c1cc2c(cc1[N+](=O)[O-])OCO2. The van der Waals surface area contributed by atoms with Crippen LogP contribution in [0.3, 0.4) is 0 Å². The van der Waals surface area contributed by atoms with Crippen LogP contribution in [0.4, 0.5) is 5.69 Å². The molecule has 0 aliphatic carbocycles. The number of fused-ring (bicyclic) bond motifs is 1. The number of carbonyl (C=O) groups is 3. The molecule has 1 aromatic rings. The molecule has 1 saturated heterocycles. The summed E-state index contributed by atoms with van der Waals surface area (Å²) in [6.45, 7) is 4.12. The van der Waals surface area contributed by atoms with Crippen LogP contribution in [-0.2, 0) is 19.1 Å². The highest BCUT2D eigenvalue weighted by atomic mass is 16.7. The molecular weight excluding hydrogens is 416 g/mol. The maximum atomic E-state index is 13.5. The fraction of sp³-hybridized carbons (Fsp3) is 0.526. The van der Waals surface area contributed by atoms with Crippen molar-refractivity contribution in [3.05, 3.63) is 27.8 Å². The monoisotopic (exact) mass is 438 g/mol. The molecule has 0 radical (unpaired) electrons. The first kappa shape index (κ1) is 22.3. The second-order valence-corrected chi connectivity index (χ2v) is 6.98. The number of amides is 1. The first-order chi connectivity index (χ1) is 14.7. The van der Waals surface area contributed by atoms with Crippen molar-refractivity contribution in [1.82, 2.24) is 4.90 Å². The number of esters is 2. The first-order valence-corrected chi connectivity index (χ1v) is 9.64. The van der Waals surface area contributed by atoms with E-state index in [2.05, 4.69) is 0 Å². The molecule has 0 spiro atoms. The number of carbonyl (C=O) groups excluding carboxylic acids is 3. The van der Waals surface area contributed by atoms with E-state index in [1.165, 1.54) is 20.8 Å². The van der Waals surface area contributed by atoms with Gasteiger partial charge in [-0.1, -0.05) is 6.92 Å². The third-order valence-corrected chi connectivity index (χ3v) is 5.27. The highest BCUT2D eigenvalue weighted by molar-refractivity contribution is 6.12. The third kappa shape index (κ3) is 3.42. The Bertz CT molecular complexity index is 913. The topological polar surface area (TPSA) is 155 Å². The third-order valence-electron chi connectivity index (χ3n) is 5.27. The van der Waals surface area contributed by atoms with Crippen molar-refractivity contribution >= 4 is 23.5 Å². The summed E-state index contributed by atoms with van der Waals surface area (Å²) >= 11 is 0. The molecule has 12 heteroatoms. The zero-order chi connectivity index (χ0) is 22.9. The minimum Gasteiger partial charge on any atom is -0.464 e. The predicted molar refractivity (Wildman–Crippen MR) is 101 cm³/mol. The Hall–Kier alpha value is -3.41. The molecular formula is C19H22N2O10. The average molecular weight is 438 g/mol. The van der Waals surface area contributed by atoms with Gasteiger partial charge in [-0.05, 0) is 20.3 Å². The van der Waals surface area contributed by atoms with Gasteiger partial charge in [0.25, 0.3) is 11.6 Å². The van der Waals surface area contributed by atoms with Crippen LogP contribution in [-0.4, -0.2) is 64.5 Å². The second-order valence-electron chi connectivity index (χ2n) is 6.98. The van der Waals surface area contributed by atoms with Crippen molar-refractivity contribution in [2.24, 2.45) is 5.92 Å². The van der Waals surface area contributed by atoms with Gasteiger partial charge in [0.1, 0.15) is 11.8 Å². The molecule has 2 aliphatic heterocycles. The molecule has 2 aliphatic rings. The highest BCUT2D eigenvalue weighted by Crippen LogP contribution is 2.44. The molecule has 0 bridgehead atoms. The Balaban J connectivity index is 2.18. The Kier molecular flexibility index (Phi) is 6.02. The highest BCUT2D eigenvalue weighted by Gasteiger charge is 2.66. The van der Waals surface area contributed by atoms with E-state index in [4.69, 9.17) is 18.9 Å². The first-order valence-electron chi connectivity index (χ1n) is 9.64. The number of benzene rings is 1. The van der Waals surface area contributed by atoms with Crippen LogP contribution < -0.4 is 9.47 Å². The Morgan fingerprint density at radius 1 is 1.19 bits per heavy atom. The molecule has 1 N–H and O–H groups in total. The number of rotatable bonds is 6. The van der Waals surface area contributed by atoms with Crippen LogP contribution in [0.2, 0.25) is 0 Å². The Morgan fingerprint density at radius 3 is 2.26 bits per heavy atom. The molecule has 2 unspecified atom stereocenters. The minimum atomic E-state index is -2.31. The fourth-order valence-corrected chi connectivity index (χ4v) is 3.91. The van der Waals surface area contributed by atoms with Gasteiger partial charge in [0.2, 0.25) is 12.3 Å². The maximum absolute atomic E-state index is 13.5. The number of hydrogen-bond acceptors (Lipinski definition) is 10. The Morgan fingerprint density at radius 2 is 1.74 bits per heavy atom. The lowest BCUT2D eigenvalue weighted by molar-refractivity contribution is -0.385. The summed E-state index contributed by atoms with van der Waals surface area (Å²) in [6.07, 6.45) is -1.75. The van der Waals surface area contributed by atoms with Gasteiger partial charge in [-0.2, -0.15) is 0 Å². The van der Waals surface area contributed by atoms with Crippen molar-refractivity contribution in [2.45, 2.75) is 39.0 Å². The van der Waals surface area contributed by atoms with Gasteiger partial charge in [-0.25, -0.2) is 9.59 Å². The van der Waals surface area contributed by atoms with E-state index in [-0.39, 0.29) is 37.9 Å². The quantitative estimate of drug-likeness (QED) is 0.294. The number of aliphatic hydroxyl groups excluding tert-OH is 1. The fourth-order valence-electron chi connectivity index (χ4n) is 3.91. The summed E-state index contributed by atoms with van der Waals surface area (Å²) in [4.78, 5) is 50.9. The van der Waals surface area contributed by atoms with E-state index in [1.807, 2.05) is 0 Å². The molecule has 31 heavy (non-hydrogen) atoms. The van der Waals surface area contributed by atoms with Crippen LogP contribution in [0.25, 0.3) is 0 Å². The normalized spacial score (nSPS) is 21.0. The number of nitro benzene ring substituents is 1. The van der Waals surface area contributed by atoms with Gasteiger partial charge in [0, 0.05) is 12.0 Å². The van der Waals surface area contributed by atoms with Crippen LogP contribution in [0.1, 0.15) is 37.6 Å². The van der Waals surface area contributed by atoms with E-state index >= 15 is 0 Å². The van der Waals surface area contributed by atoms with Crippen molar-refractivity contribution in [2.75, 3.05) is 20.0 Å². The zero-order valence-corrected chi connectivity index (χ0v) is 17.2. The van der Waals surface area contributed by atoms with Gasteiger partial charge in [-0.3, -0.25) is 19.8 Å². The second kappa shape index (κ2) is 8.38. The average Bonchev–Trinajstić information content (AvgIpc) is 3.28. The lowest BCUT2D eigenvalue weighted by Gasteiger charge is -2.37. The lowest BCUT2D eigenvalue weighted by Crippen LogP contribution is -2.64. The van der Waals surface area contributed by atoms with Gasteiger partial charge in [-0.15, -0.1) is 0 Å². The zero-order valence-electron chi connectivity index (χ0n) is 17.2. The molecule has 1 fully saturated rings. The summed E-state index contributed by atoms with van der Waals surface area (Å²) in [5.74, 6) is -4.04. The van der Waals surface area contributed by atoms with Crippen molar-refractivity contribution < 1.29 is 43.4 Å². The number of likely N-dealkylation sites (tertiary alicyclic amines) is 1. The van der Waals surface area contributed by atoms with E-state index < -0.39 is 51.7 Å². The summed E-state index contributed by atoms with van der Waals surface area (Å²) in [5.41, 5.74) is -3.43. The van der Waals surface area contributed by atoms with Gasteiger partial charge in [0.05, 0.1) is 24.2 Å². The standard InChI is InChI=1S/C19H22N2O10/c1-4-28-17(24)19(18(25)29-5-2)10(3)6-15(22)20(19)16(23)11-7-13-14(31-9-30-13)8-12(11)21(26)27/h7-8,10,15,22H,4-6,9H2,1-3H3. The summed E-state index contributed by atoms with van der Waals surface area (Å²) < 4.78 is 20.4. The molecule has 12 nitrogen and oxygen atoms in total. The number of aliphatic hydroxyl groups is 1. The largest absolute Gasteiger partial charge is 0.464 e. The summed E-state index contributed by atoms with van der Waals surface area (Å²) in [5, 5.41) is 22.3. The molecule has 168 valence electrons. The summed E-state index contributed by atoms with van der Waals surface area (Å²) in [6, 6.07) is 2.09. The predicted octanol–water partition coefficient (Wildman–Crippen LogP) is 0.989. The van der Waals surface area contributed by atoms with Crippen molar-refractivity contribution in [3.8, 4) is 11.5 Å². The molecule has 2 atom stereocenters. The number of nitrogens with zero attached hydrogens (tertiary/aromatic N) is 2.